The Morgan fingerprint density at radius 2 is 1.79 bits per heavy atom. The lowest BCUT2D eigenvalue weighted by molar-refractivity contribution is -0.128. The van der Waals surface area contributed by atoms with Crippen LogP contribution in [0.3, 0.4) is 0 Å². The van der Waals surface area contributed by atoms with Crippen LogP contribution in [0.4, 0.5) is 0 Å². The van der Waals surface area contributed by atoms with Crippen molar-refractivity contribution in [1.82, 2.24) is 5.43 Å². The smallest absolute Gasteiger partial charge is 0.244 e. The van der Waals surface area contributed by atoms with E-state index in [2.05, 4.69) is 41.7 Å². The van der Waals surface area contributed by atoms with Crippen molar-refractivity contribution in [1.29, 1.82) is 0 Å². The summed E-state index contributed by atoms with van der Waals surface area (Å²) in [5.74, 6) is 1.93. The van der Waals surface area contributed by atoms with E-state index < -0.39 is 0 Å². The summed E-state index contributed by atoms with van der Waals surface area (Å²) < 4.78 is 0. The topological polar surface area (TPSA) is 41.5 Å². The molecule has 0 aromatic heterocycles. The minimum Gasteiger partial charge on any atom is -0.273 e. The van der Waals surface area contributed by atoms with Crippen molar-refractivity contribution in [2.24, 2.45) is 28.8 Å². The molecule has 1 aromatic carbocycles. The number of hydrogen-bond acceptors (Lipinski definition) is 2. The summed E-state index contributed by atoms with van der Waals surface area (Å²) in [6, 6.07) is 8.51. The fourth-order valence-electron chi connectivity index (χ4n) is 4.31. The van der Waals surface area contributed by atoms with Crippen molar-refractivity contribution in [2.45, 2.75) is 26.2 Å². The van der Waals surface area contributed by atoms with Gasteiger partial charge in [-0.3, -0.25) is 4.79 Å². The molecule has 4 rings (SSSR count). The Morgan fingerprint density at radius 1 is 1.11 bits per heavy atom. The summed E-state index contributed by atoms with van der Waals surface area (Å²) in [6.45, 7) is 2.09. The first-order chi connectivity index (χ1) is 9.24. The fraction of sp³-hybridized carbons (Fsp3) is 0.500. The van der Waals surface area contributed by atoms with Crippen LogP contribution < -0.4 is 5.43 Å². The molecule has 0 saturated heterocycles. The first-order valence-electron chi connectivity index (χ1n) is 7.18. The molecule has 1 aromatic rings. The third kappa shape index (κ3) is 1.57. The molecule has 4 atom stereocenters. The summed E-state index contributed by atoms with van der Waals surface area (Å²) >= 11 is 0. The Bertz CT molecular complexity index is 561. The maximum absolute atomic E-state index is 12.1. The molecule has 2 bridgehead atoms. The van der Waals surface area contributed by atoms with Gasteiger partial charge >= 0.3 is 0 Å². The van der Waals surface area contributed by atoms with Gasteiger partial charge in [-0.25, -0.2) is 5.43 Å². The minimum atomic E-state index is 0.146. The van der Waals surface area contributed by atoms with Gasteiger partial charge in [-0.05, 0) is 43.6 Å². The van der Waals surface area contributed by atoms with Gasteiger partial charge in [0, 0.05) is 5.92 Å². The van der Waals surface area contributed by atoms with Crippen LogP contribution in [-0.2, 0) is 4.79 Å². The number of carbonyl (C=O) groups excluding carboxylic acids is 1. The average Bonchev–Trinajstić information content (AvgIpc) is 3.02. The van der Waals surface area contributed by atoms with E-state index in [-0.39, 0.29) is 11.8 Å². The van der Waals surface area contributed by atoms with Gasteiger partial charge < -0.3 is 0 Å². The third-order valence-corrected chi connectivity index (χ3v) is 5.17. The van der Waals surface area contributed by atoms with Crippen molar-refractivity contribution in [3.63, 3.8) is 0 Å². The number of nitrogens with one attached hydrogen (secondary N) is 1. The van der Waals surface area contributed by atoms with E-state index in [1.54, 1.807) is 0 Å². The quantitative estimate of drug-likeness (QED) is 0.822. The highest BCUT2D eigenvalue weighted by Crippen LogP contribution is 2.54. The van der Waals surface area contributed by atoms with E-state index in [1.165, 1.54) is 30.4 Å². The maximum atomic E-state index is 12.1. The van der Waals surface area contributed by atoms with Crippen LogP contribution in [0.2, 0.25) is 0 Å². The molecular formula is C16H18N2O. The number of fused-ring (bicyclic) bond motifs is 5. The molecule has 3 aliphatic rings. The number of benzene rings is 1. The summed E-state index contributed by atoms with van der Waals surface area (Å²) in [6.07, 6.45) is 3.71. The molecule has 2 saturated carbocycles. The number of rotatable bonds is 1. The summed E-state index contributed by atoms with van der Waals surface area (Å²) in [4.78, 5) is 12.1. The van der Waals surface area contributed by atoms with E-state index in [0.29, 0.717) is 17.8 Å². The lowest BCUT2D eigenvalue weighted by Gasteiger charge is -2.33. The van der Waals surface area contributed by atoms with E-state index in [0.717, 1.165) is 5.71 Å². The molecule has 98 valence electrons. The highest BCUT2D eigenvalue weighted by atomic mass is 16.2. The zero-order valence-corrected chi connectivity index (χ0v) is 11.1. The minimum absolute atomic E-state index is 0.146. The zero-order chi connectivity index (χ0) is 13.0. The van der Waals surface area contributed by atoms with Crippen LogP contribution in [0, 0.1) is 30.6 Å². The second kappa shape index (κ2) is 3.92. The molecule has 1 heterocycles. The summed E-state index contributed by atoms with van der Waals surface area (Å²) in [5, 5.41) is 4.39. The Kier molecular flexibility index (Phi) is 2.32. The molecule has 1 amide bonds. The molecule has 2 aliphatic carbocycles. The molecule has 3 heteroatoms. The van der Waals surface area contributed by atoms with Gasteiger partial charge in [-0.1, -0.05) is 29.8 Å². The molecule has 3 nitrogen and oxygen atoms in total. The van der Waals surface area contributed by atoms with E-state index >= 15 is 0 Å². The number of carbonyl (C=O) groups is 1. The van der Waals surface area contributed by atoms with Crippen molar-refractivity contribution in [3.8, 4) is 0 Å². The van der Waals surface area contributed by atoms with Crippen LogP contribution in [0.15, 0.2) is 29.4 Å². The molecule has 0 radical (unpaired) electrons. The van der Waals surface area contributed by atoms with E-state index in [9.17, 15) is 4.79 Å². The number of hydrogen-bond donors (Lipinski definition) is 1. The number of aryl methyl sites for hydroxylation is 1. The molecule has 19 heavy (non-hydrogen) atoms. The zero-order valence-electron chi connectivity index (χ0n) is 11.1. The second-order valence-corrected chi connectivity index (χ2v) is 6.22. The summed E-state index contributed by atoms with van der Waals surface area (Å²) in [7, 11) is 0. The monoisotopic (exact) mass is 254 g/mol. The van der Waals surface area contributed by atoms with Gasteiger partial charge in [-0.2, -0.15) is 5.10 Å². The SMILES string of the molecule is Cc1ccc(C2=NNC(=O)C3C4CCC(C4)C23)cc1. The Labute approximate surface area is 113 Å². The molecular weight excluding hydrogens is 236 g/mol. The molecule has 1 aliphatic heterocycles. The normalized spacial score (nSPS) is 35.8. The van der Waals surface area contributed by atoms with Crippen molar-refractivity contribution >= 4 is 11.6 Å². The Morgan fingerprint density at radius 3 is 2.53 bits per heavy atom. The fourth-order valence-corrected chi connectivity index (χ4v) is 4.31. The van der Waals surface area contributed by atoms with Crippen LogP contribution >= 0.6 is 0 Å². The molecule has 0 spiro atoms. The van der Waals surface area contributed by atoms with Gasteiger partial charge in [0.05, 0.1) is 11.6 Å². The summed E-state index contributed by atoms with van der Waals surface area (Å²) in [5.41, 5.74) is 6.29. The Balaban J connectivity index is 1.76. The first kappa shape index (κ1) is 11.2. The van der Waals surface area contributed by atoms with Gasteiger partial charge in [0.15, 0.2) is 0 Å². The Hall–Kier alpha value is -1.64. The number of hydrazone groups is 1. The average molecular weight is 254 g/mol. The van der Waals surface area contributed by atoms with Crippen molar-refractivity contribution < 1.29 is 4.79 Å². The highest BCUT2D eigenvalue weighted by molar-refractivity contribution is 6.07. The highest BCUT2D eigenvalue weighted by Gasteiger charge is 2.54. The van der Waals surface area contributed by atoms with Crippen LogP contribution in [0.5, 0.6) is 0 Å². The predicted molar refractivity (Wildman–Crippen MR) is 73.7 cm³/mol. The van der Waals surface area contributed by atoms with Crippen LogP contribution in [0.25, 0.3) is 0 Å². The number of amides is 1. The van der Waals surface area contributed by atoms with Gasteiger partial charge in [0.1, 0.15) is 0 Å². The van der Waals surface area contributed by atoms with Crippen LogP contribution in [0.1, 0.15) is 30.4 Å². The first-order valence-corrected chi connectivity index (χ1v) is 7.18. The lowest BCUT2D eigenvalue weighted by Crippen LogP contribution is -2.45. The predicted octanol–water partition coefficient (Wildman–Crippen LogP) is 2.49. The third-order valence-electron chi connectivity index (χ3n) is 5.17. The van der Waals surface area contributed by atoms with Crippen molar-refractivity contribution in [3.05, 3.63) is 35.4 Å². The molecule has 2 fully saturated rings. The van der Waals surface area contributed by atoms with Gasteiger partial charge in [0.2, 0.25) is 5.91 Å². The molecule has 1 N–H and O–H groups in total. The van der Waals surface area contributed by atoms with E-state index in [1.807, 2.05) is 0 Å². The second-order valence-electron chi connectivity index (χ2n) is 6.22. The van der Waals surface area contributed by atoms with Gasteiger partial charge in [0.25, 0.3) is 0 Å². The van der Waals surface area contributed by atoms with E-state index in [4.69, 9.17) is 0 Å². The van der Waals surface area contributed by atoms with Crippen molar-refractivity contribution in [2.75, 3.05) is 0 Å². The standard InChI is InChI=1S/C16H18N2O/c1-9-2-4-10(5-3-9)15-13-11-6-7-12(8-11)14(13)16(19)18-17-15/h2-5,11-14H,6-8H2,1H3,(H,18,19). The molecule has 4 unspecified atom stereocenters. The number of nitrogens with zero attached hydrogens (tertiary/aromatic N) is 1. The van der Waals surface area contributed by atoms with Gasteiger partial charge in [-0.15, -0.1) is 0 Å². The van der Waals surface area contributed by atoms with Crippen LogP contribution in [-0.4, -0.2) is 11.6 Å². The largest absolute Gasteiger partial charge is 0.273 e. The maximum Gasteiger partial charge on any atom is 0.244 e. The lowest BCUT2D eigenvalue weighted by atomic mass is 9.74.